The molecule has 2 heterocycles. The summed E-state index contributed by atoms with van der Waals surface area (Å²) in [5.74, 6) is 0.547. The number of hydrogen-bond donors (Lipinski definition) is 1. The number of rotatable bonds is 4. The number of benzene rings is 1. The quantitative estimate of drug-likeness (QED) is 0.678. The van der Waals surface area contributed by atoms with Gasteiger partial charge in [0.25, 0.3) is 0 Å². The SMILES string of the molecule is CC(C)c1cccc(NC(C)c2cnc3ccsc3c2)c1. The molecule has 0 aliphatic rings. The summed E-state index contributed by atoms with van der Waals surface area (Å²) < 4.78 is 1.25. The highest BCUT2D eigenvalue weighted by atomic mass is 32.1. The summed E-state index contributed by atoms with van der Waals surface area (Å²) in [5.41, 5.74) is 4.83. The van der Waals surface area contributed by atoms with Crippen LogP contribution in [0.3, 0.4) is 0 Å². The van der Waals surface area contributed by atoms with E-state index in [-0.39, 0.29) is 6.04 Å². The van der Waals surface area contributed by atoms with E-state index in [0.717, 1.165) is 5.52 Å². The van der Waals surface area contributed by atoms with E-state index in [9.17, 15) is 0 Å². The molecule has 1 aromatic carbocycles. The molecule has 0 aliphatic heterocycles. The van der Waals surface area contributed by atoms with Crippen LogP contribution in [0.25, 0.3) is 10.2 Å². The van der Waals surface area contributed by atoms with E-state index in [2.05, 4.69) is 72.9 Å². The van der Waals surface area contributed by atoms with Crippen molar-refractivity contribution >= 4 is 27.2 Å². The highest BCUT2D eigenvalue weighted by molar-refractivity contribution is 7.17. The summed E-state index contributed by atoms with van der Waals surface area (Å²) in [6.45, 7) is 6.62. The van der Waals surface area contributed by atoms with E-state index in [0.29, 0.717) is 5.92 Å². The first-order chi connectivity index (χ1) is 10.1. The van der Waals surface area contributed by atoms with Crippen molar-refractivity contribution in [2.45, 2.75) is 32.7 Å². The zero-order chi connectivity index (χ0) is 14.8. The fraction of sp³-hybridized carbons (Fsp3) is 0.278. The third-order valence-electron chi connectivity index (χ3n) is 3.76. The van der Waals surface area contributed by atoms with Crippen LogP contribution in [0, 0.1) is 0 Å². The Kier molecular flexibility index (Phi) is 3.93. The molecular weight excluding hydrogens is 276 g/mol. The van der Waals surface area contributed by atoms with Gasteiger partial charge in [-0.2, -0.15) is 0 Å². The summed E-state index contributed by atoms with van der Waals surface area (Å²) in [5, 5.41) is 5.66. The van der Waals surface area contributed by atoms with Crippen molar-refractivity contribution in [3.63, 3.8) is 0 Å². The molecule has 3 aromatic rings. The zero-order valence-corrected chi connectivity index (χ0v) is 13.4. The van der Waals surface area contributed by atoms with Crippen LogP contribution < -0.4 is 5.32 Å². The molecule has 2 aromatic heterocycles. The lowest BCUT2D eigenvalue weighted by molar-refractivity contribution is 0.857. The van der Waals surface area contributed by atoms with Crippen LogP contribution in [0.2, 0.25) is 0 Å². The minimum atomic E-state index is 0.242. The number of nitrogens with zero attached hydrogens (tertiary/aromatic N) is 1. The van der Waals surface area contributed by atoms with Gasteiger partial charge in [0, 0.05) is 11.9 Å². The fourth-order valence-electron chi connectivity index (χ4n) is 2.42. The molecule has 3 heteroatoms. The maximum Gasteiger partial charge on any atom is 0.0809 e. The molecule has 2 nitrogen and oxygen atoms in total. The first kappa shape index (κ1) is 14.1. The van der Waals surface area contributed by atoms with Gasteiger partial charge in [-0.15, -0.1) is 11.3 Å². The van der Waals surface area contributed by atoms with E-state index in [1.165, 1.54) is 21.5 Å². The van der Waals surface area contributed by atoms with Gasteiger partial charge < -0.3 is 5.32 Å². The average molecular weight is 296 g/mol. The van der Waals surface area contributed by atoms with Gasteiger partial charge >= 0.3 is 0 Å². The molecule has 108 valence electrons. The van der Waals surface area contributed by atoms with E-state index in [4.69, 9.17) is 0 Å². The second kappa shape index (κ2) is 5.86. The molecule has 0 aliphatic carbocycles. The maximum atomic E-state index is 4.52. The number of pyridine rings is 1. The minimum absolute atomic E-state index is 0.242. The zero-order valence-electron chi connectivity index (χ0n) is 12.6. The summed E-state index contributed by atoms with van der Waals surface area (Å²) >= 11 is 1.74. The molecule has 1 unspecified atom stereocenters. The normalized spacial score (nSPS) is 12.8. The smallest absolute Gasteiger partial charge is 0.0809 e. The lowest BCUT2D eigenvalue weighted by Crippen LogP contribution is -2.07. The Morgan fingerprint density at radius 2 is 1.90 bits per heavy atom. The van der Waals surface area contributed by atoms with Gasteiger partial charge in [0.2, 0.25) is 0 Å². The summed E-state index contributed by atoms with van der Waals surface area (Å²) in [7, 11) is 0. The Labute approximate surface area is 129 Å². The molecule has 1 atom stereocenters. The molecule has 0 saturated carbocycles. The van der Waals surface area contributed by atoms with Crippen molar-refractivity contribution in [2.24, 2.45) is 0 Å². The summed E-state index contributed by atoms with van der Waals surface area (Å²) in [6, 6.07) is 13.2. The Morgan fingerprint density at radius 3 is 2.71 bits per heavy atom. The van der Waals surface area contributed by atoms with Crippen molar-refractivity contribution < 1.29 is 0 Å². The highest BCUT2D eigenvalue weighted by Gasteiger charge is 2.08. The second-order valence-corrected chi connectivity index (χ2v) is 6.67. The minimum Gasteiger partial charge on any atom is -0.378 e. The van der Waals surface area contributed by atoms with Crippen LogP contribution in [0.5, 0.6) is 0 Å². The predicted molar refractivity (Wildman–Crippen MR) is 92.2 cm³/mol. The number of fused-ring (bicyclic) bond motifs is 1. The molecule has 0 spiro atoms. The summed E-state index contributed by atoms with van der Waals surface area (Å²) in [6.07, 6.45) is 1.97. The van der Waals surface area contributed by atoms with E-state index >= 15 is 0 Å². The largest absolute Gasteiger partial charge is 0.378 e. The van der Waals surface area contributed by atoms with Crippen LogP contribution in [0.4, 0.5) is 5.69 Å². The second-order valence-electron chi connectivity index (χ2n) is 5.72. The molecule has 0 saturated heterocycles. The van der Waals surface area contributed by atoms with E-state index in [1.54, 1.807) is 11.3 Å². The Bertz CT molecular complexity index is 746. The number of aromatic nitrogens is 1. The predicted octanol–water partition coefficient (Wildman–Crippen LogP) is 5.59. The van der Waals surface area contributed by atoms with Gasteiger partial charge in [-0.3, -0.25) is 4.98 Å². The van der Waals surface area contributed by atoms with Crippen LogP contribution >= 0.6 is 11.3 Å². The summed E-state index contributed by atoms with van der Waals surface area (Å²) in [4.78, 5) is 4.52. The third-order valence-corrected chi connectivity index (χ3v) is 4.61. The van der Waals surface area contributed by atoms with Gasteiger partial charge in [0.1, 0.15) is 0 Å². The van der Waals surface area contributed by atoms with Gasteiger partial charge in [-0.1, -0.05) is 26.0 Å². The Hall–Kier alpha value is -1.87. The van der Waals surface area contributed by atoms with Gasteiger partial charge in [0.15, 0.2) is 0 Å². The average Bonchev–Trinajstić information content (AvgIpc) is 2.94. The fourth-order valence-corrected chi connectivity index (χ4v) is 3.21. The number of nitrogens with one attached hydrogen (secondary N) is 1. The van der Waals surface area contributed by atoms with Gasteiger partial charge in [0.05, 0.1) is 16.3 Å². The van der Waals surface area contributed by atoms with Crippen molar-refractivity contribution in [3.05, 3.63) is 59.1 Å². The van der Waals surface area contributed by atoms with Crippen molar-refractivity contribution in [2.75, 3.05) is 5.32 Å². The highest BCUT2D eigenvalue weighted by Crippen LogP contribution is 2.26. The molecule has 0 radical (unpaired) electrons. The molecule has 21 heavy (non-hydrogen) atoms. The monoisotopic (exact) mass is 296 g/mol. The van der Waals surface area contributed by atoms with E-state index in [1.807, 2.05) is 6.20 Å². The lowest BCUT2D eigenvalue weighted by Gasteiger charge is -2.17. The molecule has 3 rings (SSSR count). The van der Waals surface area contributed by atoms with Crippen molar-refractivity contribution in [1.29, 1.82) is 0 Å². The number of anilines is 1. The topological polar surface area (TPSA) is 24.9 Å². The first-order valence-corrected chi connectivity index (χ1v) is 8.21. The van der Waals surface area contributed by atoms with E-state index < -0.39 is 0 Å². The number of thiophene rings is 1. The van der Waals surface area contributed by atoms with Crippen LogP contribution in [0.1, 0.15) is 43.9 Å². The van der Waals surface area contributed by atoms with Crippen LogP contribution in [0.15, 0.2) is 48.0 Å². The molecular formula is C18H20N2S. The van der Waals surface area contributed by atoms with Crippen molar-refractivity contribution in [3.8, 4) is 0 Å². The maximum absolute atomic E-state index is 4.52. The first-order valence-electron chi connectivity index (χ1n) is 7.33. The van der Waals surface area contributed by atoms with Gasteiger partial charge in [-0.25, -0.2) is 0 Å². The third kappa shape index (κ3) is 3.08. The standard InChI is InChI=1S/C18H20N2S/c1-12(2)14-5-4-6-16(9-14)20-13(3)15-10-18-17(19-11-15)7-8-21-18/h4-13,20H,1-3H3. The Balaban J connectivity index is 1.81. The Morgan fingerprint density at radius 1 is 1.05 bits per heavy atom. The lowest BCUT2D eigenvalue weighted by atomic mass is 10.0. The van der Waals surface area contributed by atoms with Crippen molar-refractivity contribution in [1.82, 2.24) is 4.98 Å². The molecule has 0 bridgehead atoms. The molecule has 1 N–H and O–H groups in total. The van der Waals surface area contributed by atoms with Crippen LogP contribution in [-0.4, -0.2) is 4.98 Å². The molecule has 0 amide bonds. The van der Waals surface area contributed by atoms with Crippen LogP contribution in [-0.2, 0) is 0 Å². The number of hydrogen-bond acceptors (Lipinski definition) is 3. The van der Waals surface area contributed by atoms with Gasteiger partial charge in [-0.05, 0) is 53.6 Å². The molecule has 0 fully saturated rings.